The number of aromatic nitrogens is 1. The largest absolute Gasteiger partial charge is 0.491 e. The Balaban J connectivity index is 2.17. The van der Waals surface area contributed by atoms with E-state index in [-0.39, 0.29) is 6.03 Å². The first kappa shape index (κ1) is 18.0. The molecule has 0 bridgehead atoms. The van der Waals surface area contributed by atoms with Gasteiger partial charge in [0.1, 0.15) is 5.01 Å². The Hall–Kier alpha value is -1.31. The maximum Gasteiger partial charge on any atom is 0.320 e. The van der Waals surface area contributed by atoms with Crippen LogP contribution < -0.4 is 15.4 Å². The monoisotopic (exact) mass is 417 g/mol. The van der Waals surface area contributed by atoms with Crippen LogP contribution in [0.5, 0.6) is 5.75 Å². The standard InChI is InChI=1S/C15H17BrClN3O2S/c1-4-22-12-10(16)7-9(17)8-11(12)19-14(21)20-15(2,3)13-18-5-6-23-13/h5-8H,4H2,1-3H3,(H2,19,20,21). The lowest BCUT2D eigenvalue weighted by Gasteiger charge is -2.24. The molecule has 2 N–H and O–H groups in total. The fourth-order valence-corrected chi connectivity index (χ4v) is 3.61. The van der Waals surface area contributed by atoms with E-state index in [0.717, 1.165) is 5.01 Å². The normalized spacial score (nSPS) is 11.2. The van der Waals surface area contributed by atoms with Gasteiger partial charge in [-0.05, 0) is 48.8 Å². The lowest BCUT2D eigenvalue weighted by atomic mass is 10.1. The number of rotatable bonds is 5. The van der Waals surface area contributed by atoms with Crippen LogP contribution in [0, 0.1) is 0 Å². The number of urea groups is 1. The number of benzene rings is 1. The van der Waals surface area contributed by atoms with E-state index in [1.54, 1.807) is 18.3 Å². The summed E-state index contributed by atoms with van der Waals surface area (Å²) in [5.41, 5.74) is -0.0847. The molecule has 0 aliphatic carbocycles. The van der Waals surface area contributed by atoms with Crippen molar-refractivity contribution in [2.75, 3.05) is 11.9 Å². The Bertz CT molecular complexity index is 692. The number of carbonyl (C=O) groups is 1. The molecule has 0 spiro atoms. The van der Waals surface area contributed by atoms with Gasteiger partial charge in [0.05, 0.1) is 22.3 Å². The smallest absolute Gasteiger partial charge is 0.320 e. The van der Waals surface area contributed by atoms with Crippen LogP contribution in [0.1, 0.15) is 25.8 Å². The summed E-state index contributed by atoms with van der Waals surface area (Å²) in [6, 6.07) is 3.00. The minimum absolute atomic E-state index is 0.361. The fraction of sp³-hybridized carbons (Fsp3) is 0.333. The van der Waals surface area contributed by atoms with Crippen LogP contribution in [0.4, 0.5) is 10.5 Å². The number of hydrogen-bond acceptors (Lipinski definition) is 4. The van der Waals surface area contributed by atoms with Crippen LogP contribution in [0.15, 0.2) is 28.2 Å². The molecule has 23 heavy (non-hydrogen) atoms. The van der Waals surface area contributed by atoms with Gasteiger partial charge in [-0.2, -0.15) is 0 Å². The van der Waals surface area contributed by atoms with Gasteiger partial charge in [-0.3, -0.25) is 0 Å². The molecule has 2 aromatic rings. The summed E-state index contributed by atoms with van der Waals surface area (Å²) in [4.78, 5) is 16.6. The summed E-state index contributed by atoms with van der Waals surface area (Å²) < 4.78 is 6.25. The van der Waals surface area contributed by atoms with E-state index in [9.17, 15) is 4.79 Å². The minimum Gasteiger partial charge on any atom is -0.491 e. The minimum atomic E-state index is -0.583. The number of nitrogens with one attached hydrogen (secondary N) is 2. The highest BCUT2D eigenvalue weighted by Gasteiger charge is 2.26. The van der Waals surface area contributed by atoms with Crippen molar-refractivity contribution in [2.45, 2.75) is 26.3 Å². The molecular formula is C15H17BrClN3O2S. The molecule has 0 saturated heterocycles. The second kappa shape index (κ2) is 7.51. The van der Waals surface area contributed by atoms with Crippen molar-refractivity contribution in [3.05, 3.63) is 38.2 Å². The molecule has 124 valence electrons. The van der Waals surface area contributed by atoms with Crippen molar-refractivity contribution in [1.29, 1.82) is 0 Å². The van der Waals surface area contributed by atoms with E-state index in [0.29, 0.717) is 27.5 Å². The van der Waals surface area contributed by atoms with Gasteiger partial charge in [-0.15, -0.1) is 11.3 Å². The number of ether oxygens (including phenoxy) is 1. The molecule has 0 aliphatic rings. The number of thiazole rings is 1. The maximum absolute atomic E-state index is 12.3. The lowest BCUT2D eigenvalue weighted by molar-refractivity contribution is 0.241. The van der Waals surface area contributed by atoms with Gasteiger partial charge in [-0.1, -0.05) is 11.6 Å². The number of halogens is 2. The predicted molar refractivity (Wildman–Crippen MR) is 97.6 cm³/mol. The van der Waals surface area contributed by atoms with Gasteiger partial charge in [-0.25, -0.2) is 9.78 Å². The topological polar surface area (TPSA) is 63.2 Å². The molecule has 0 fully saturated rings. The number of anilines is 1. The number of hydrogen-bond donors (Lipinski definition) is 2. The van der Waals surface area contributed by atoms with Crippen molar-refractivity contribution in [3.63, 3.8) is 0 Å². The first-order chi connectivity index (χ1) is 10.8. The van der Waals surface area contributed by atoms with Crippen LogP contribution in [0.2, 0.25) is 5.02 Å². The summed E-state index contributed by atoms with van der Waals surface area (Å²) in [5, 5.41) is 8.87. The van der Waals surface area contributed by atoms with Crippen molar-refractivity contribution in [3.8, 4) is 5.75 Å². The maximum atomic E-state index is 12.3. The summed E-state index contributed by atoms with van der Waals surface area (Å²) in [6.45, 7) is 6.13. The van der Waals surface area contributed by atoms with Crippen LogP contribution >= 0.6 is 38.9 Å². The van der Waals surface area contributed by atoms with Crippen LogP contribution in [-0.2, 0) is 5.54 Å². The van der Waals surface area contributed by atoms with Gasteiger partial charge < -0.3 is 15.4 Å². The Morgan fingerprint density at radius 2 is 2.22 bits per heavy atom. The summed E-state index contributed by atoms with van der Waals surface area (Å²) >= 11 is 10.9. The third-order valence-electron chi connectivity index (χ3n) is 2.94. The van der Waals surface area contributed by atoms with Crippen molar-refractivity contribution in [1.82, 2.24) is 10.3 Å². The Kier molecular flexibility index (Phi) is 5.89. The van der Waals surface area contributed by atoms with Gasteiger partial charge >= 0.3 is 6.03 Å². The van der Waals surface area contributed by atoms with Gasteiger partial charge in [0.15, 0.2) is 5.75 Å². The fourth-order valence-electron chi connectivity index (χ4n) is 1.97. The predicted octanol–water partition coefficient (Wildman–Crippen LogP) is 5.01. The molecule has 1 aromatic heterocycles. The van der Waals surface area contributed by atoms with E-state index in [1.165, 1.54) is 11.3 Å². The average molecular weight is 419 g/mol. The zero-order valence-corrected chi connectivity index (χ0v) is 16.1. The van der Waals surface area contributed by atoms with E-state index < -0.39 is 5.54 Å². The zero-order valence-electron chi connectivity index (χ0n) is 12.9. The molecule has 0 saturated carbocycles. The summed E-state index contributed by atoms with van der Waals surface area (Å²) in [6.07, 6.45) is 1.71. The molecule has 1 heterocycles. The lowest BCUT2D eigenvalue weighted by Crippen LogP contribution is -2.43. The first-order valence-corrected chi connectivity index (χ1v) is 8.99. The number of carbonyl (C=O) groups excluding carboxylic acids is 1. The number of amides is 2. The summed E-state index contributed by atoms with van der Waals surface area (Å²) in [7, 11) is 0. The molecule has 0 atom stereocenters. The molecule has 8 heteroatoms. The van der Waals surface area contributed by atoms with E-state index >= 15 is 0 Å². The van der Waals surface area contributed by atoms with Crippen LogP contribution in [-0.4, -0.2) is 17.6 Å². The van der Waals surface area contributed by atoms with Crippen LogP contribution in [0.3, 0.4) is 0 Å². The highest BCUT2D eigenvalue weighted by atomic mass is 79.9. The average Bonchev–Trinajstić information content (AvgIpc) is 2.96. The molecule has 5 nitrogen and oxygen atoms in total. The SMILES string of the molecule is CCOc1c(Br)cc(Cl)cc1NC(=O)NC(C)(C)c1nccs1. The van der Waals surface area contributed by atoms with Crippen molar-refractivity contribution in [2.24, 2.45) is 0 Å². The molecular weight excluding hydrogens is 402 g/mol. The van der Waals surface area contributed by atoms with E-state index in [1.807, 2.05) is 26.2 Å². The molecule has 0 unspecified atom stereocenters. The zero-order chi connectivity index (χ0) is 17.0. The van der Waals surface area contributed by atoms with Crippen molar-refractivity contribution < 1.29 is 9.53 Å². The Morgan fingerprint density at radius 1 is 1.48 bits per heavy atom. The second-order valence-electron chi connectivity index (χ2n) is 5.24. The molecule has 0 aliphatic heterocycles. The first-order valence-electron chi connectivity index (χ1n) is 6.94. The van der Waals surface area contributed by atoms with Gasteiger partial charge in [0.25, 0.3) is 0 Å². The third kappa shape index (κ3) is 4.59. The molecule has 1 aromatic carbocycles. The van der Waals surface area contributed by atoms with Crippen molar-refractivity contribution >= 4 is 50.6 Å². The van der Waals surface area contributed by atoms with E-state index in [2.05, 4.69) is 31.5 Å². The highest BCUT2D eigenvalue weighted by Crippen LogP contribution is 2.36. The number of nitrogens with zero attached hydrogens (tertiary/aromatic N) is 1. The van der Waals surface area contributed by atoms with Gasteiger partial charge in [0, 0.05) is 16.6 Å². The Morgan fingerprint density at radius 3 is 2.83 bits per heavy atom. The molecule has 0 radical (unpaired) electrons. The highest BCUT2D eigenvalue weighted by molar-refractivity contribution is 9.10. The molecule has 2 amide bonds. The summed E-state index contributed by atoms with van der Waals surface area (Å²) in [5.74, 6) is 0.541. The van der Waals surface area contributed by atoms with E-state index in [4.69, 9.17) is 16.3 Å². The second-order valence-corrected chi connectivity index (χ2v) is 7.42. The van der Waals surface area contributed by atoms with Crippen LogP contribution in [0.25, 0.3) is 0 Å². The van der Waals surface area contributed by atoms with Gasteiger partial charge in [0.2, 0.25) is 0 Å². The Labute approximate surface area is 152 Å². The molecule has 2 rings (SSSR count). The third-order valence-corrected chi connectivity index (χ3v) is 4.84. The quantitative estimate of drug-likeness (QED) is 0.717.